The third-order valence-electron chi connectivity index (χ3n) is 7.41. The first-order chi connectivity index (χ1) is 18.3. The Morgan fingerprint density at radius 1 is 1.21 bits per heavy atom. The predicted octanol–water partition coefficient (Wildman–Crippen LogP) is 3.70. The third-order valence-corrected chi connectivity index (χ3v) is 7.41. The van der Waals surface area contributed by atoms with Crippen LogP contribution >= 0.6 is 0 Å². The molecule has 1 atom stereocenters. The van der Waals surface area contributed by atoms with Crippen LogP contribution in [-0.4, -0.2) is 50.7 Å². The van der Waals surface area contributed by atoms with E-state index < -0.39 is 5.82 Å². The van der Waals surface area contributed by atoms with Crippen molar-refractivity contribution in [3.05, 3.63) is 53.4 Å². The highest BCUT2D eigenvalue weighted by Crippen LogP contribution is 2.40. The van der Waals surface area contributed by atoms with E-state index in [0.717, 1.165) is 16.9 Å². The molecule has 1 amide bonds. The maximum absolute atomic E-state index is 15.5. The summed E-state index contributed by atoms with van der Waals surface area (Å²) in [5.74, 6) is 0.280. The number of carbonyl (C=O) groups is 1. The minimum atomic E-state index is -0.537. The Bertz CT molecular complexity index is 1660. The summed E-state index contributed by atoms with van der Waals surface area (Å²) in [6.07, 6.45) is 4.55. The van der Waals surface area contributed by atoms with Gasteiger partial charge in [0.1, 0.15) is 12.4 Å². The molecule has 4 aromatic rings. The van der Waals surface area contributed by atoms with Crippen LogP contribution in [0.15, 0.2) is 30.6 Å². The number of likely N-dealkylation sites (N-methyl/N-ethyl adjacent to an activating group) is 1. The lowest BCUT2D eigenvalue weighted by Gasteiger charge is -2.24. The number of amides is 1. The van der Waals surface area contributed by atoms with E-state index in [2.05, 4.69) is 31.8 Å². The lowest BCUT2D eigenvalue weighted by Crippen LogP contribution is -2.29. The number of halogens is 1. The molecule has 2 aliphatic heterocycles. The van der Waals surface area contributed by atoms with Crippen molar-refractivity contribution in [1.29, 1.82) is 5.26 Å². The number of carbonyl (C=O) groups excluding carboxylic acids is 1. The maximum atomic E-state index is 15.5. The minimum Gasteiger partial charge on any atom is -0.396 e. The first-order valence-corrected chi connectivity index (χ1v) is 12.4. The number of fused-ring (bicyclic) bond motifs is 3. The molecule has 2 aliphatic rings. The zero-order valence-corrected chi connectivity index (χ0v) is 21.0. The minimum absolute atomic E-state index is 0.00729. The summed E-state index contributed by atoms with van der Waals surface area (Å²) in [5.41, 5.74) is 10.4. The van der Waals surface area contributed by atoms with Crippen molar-refractivity contribution in [3.63, 3.8) is 0 Å². The molecular weight excluding hydrogens is 485 g/mol. The van der Waals surface area contributed by atoms with Gasteiger partial charge in [-0.2, -0.15) is 10.4 Å². The standard InChI is InChI=1S/C27H26FN9O/c1-14-19(11-33-27-15(10-29)3-5-31-26(14)27)18-7-16-8-21(32-12-20(16)25(30)24(18)28)34-22-9-17-4-6-36(2)23(38)13-37(17)35-22/h7-9,11-12,15,31H,3-6,13,30H2,1-2H3,(H,32,34,35)/t15-/m0/s1. The molecule has 0 saturated carbocycles. The van der Waals surface area contributed by atoms with Gasteiger partial charge in [-0.3, -0.25) is 14.5 Å². The van der Waals surface area contributed by atoms with Gasteiger partial charge in [0.25, 0.3) is 0 Å². The number of nitriles is 1. The van der Waals surface area contributed by atoms with Crippen LogP contribution in [0.25, 0.3) is 21.9 Å². The molecule has 4 N–H and O–H groups in total. The lowest BCUT2D eigenvalue weighted by molar-refractivity contribution is -0.130. The predicted molar refractivity (Wildman–Crippen MR) is 142 cm³/mol. The number of benzene rings is 1. The van der Waals surface area contributed by atoms with Gasteiger partial charge in [0.2, 0.25) is 5.91 Å². The number of anilines is 4. The monoisotopic (exact) mass is 511 g/mol. The fourth-order valence-corrected chi connectivity index (χ4v) is 5.19. The van der Waals surface area contributed by atoms with Crippen molar-refractivity contribution in [1.82, 2.24) is 24.6 Å². The van der Waals surface area contributed by atoms with Gasteiger partial charge in [0, 0.05) is 67.2 Å². The molecule has 0 aliphatic carbocycles. The number of nitrogens with zero attached hydrogens (tertiary/aromatic N) is 6. The van der Waals surface area contributed by atoms with Gasteiger partial charge in [-0.05, 0) is 36.4 Å². The lowest BCUT2D eigenvalue weighted by atomic mass is 9.91. The second kappa shape index (κ2) is 8.99. The molecule has 38 heavy (non-hydrogen) atoms. The van der Waals surface area contributed by atoms with Crippen molar-refractivity contribution in [2.75, 3.05) is 36.5 Å². The molecular formula is C27H26FN9O. The number of hydrogen-bond donors (Lipinski definition) is 3. The first-order valence-electron chi connectivity index (χ1n) is 12.4. The number of nitrogens with two attached hydrogens (primary N) is 1. The van der Waals surface area contributed by atoms with Crippen molar-refractivity contribution < 1.29 is 9.18 Å². The van der Waals surface area contributed by atoms with Gasteiger partial charge in [-0.25, -0.2) is 9.37 Å². The van der Waals surface area contributed by atoms with Crippen molar-refractivity contribution in [3.8, 4) is 17.2 Å². The Labute approximate surface area is 218 Å². The zero-order valence-electron chi connectivity index (χ0n) is 21.0. The van der Waals surface area contributed by atoms with Crippen LogP contribution in [0.2, 0.25) is 0 Å². The summed E-state index contributed by atoms with van der Waals surface area (Å²) in [4.78, 5) is 22.8. The summed E-state index contributed by atoms with van der Waals surface area (Å²) in [6.45, 7) is 3.38. The quantitative estimate of drug-likeness (QED) is 0.354. The summed E-state index contributed by atoms with van der Waals surface area (Å²) < 4.78 is 17.2. The Morgan fingerprint density at radius 2 is 2.05 bits per heavy atom. The van der Waals surface area contributed by atoms with E-state index in [4.69, 9.17) is 5.73 Å². The van der Waals surface area contributed by atoms with Gasteiger partial charge in [0.15, 0.2) is 11.6 Å². The van der Waals surface area contributed by atoms with Crippen molar-refractivity contribution >= 4 is 39.7 Å². The van der Waals surface area contributed by atoms with Gasteiger partial charge in [-0.15, -0.1) is 0 Å². The number of nitrogen functional groups attached to an aromatic ring is 1. The van der Waals surface area contributed by atoms with Crippen LogP contribution < -0.4 is 16.4 Å². The highest BCUT2D eigenvalue weighted by molar-refractivity contribution is 5.98. The molecule has 6 rings (SSSR count). The highest BCUT2D eigenvalue weighted by atomic mass is 19.1. The average molecular weight is 512 g/mol. The van der Waals surface area contributed by atoms with Crippen LogP contribution in [-0.2, 0) is 17.8 Å². The Balaban J connectivity index is 1.37. The molecule has 1 aromatic carbocycles. The van der Waals surface area contributed by atoms with E-state index in [1.54, 1.807) is 35.0 Å². The van der Waals surface area contributed by atoms with Crippen LogP contribution in [0.3, 0.4) is 0 Å². The molecule has 0 unspecified atom stereocenters. The molecule has 0 fully saturated rings. The van der Waals surface area contributed by atoms with Gasteiger partial charge in [0.05, 0.1) is 29.1 Å². The van der Waals surface area contributed by atoms with Crippen molar-refractivity contribution in [2.24, 2.45) is 0 Å². The van der Waals surface area contributed by atoms with E-state index in [9.17, 15) is 10.1 Å². The molecule has 192 valence electrons. The van der Waals surface area contributed by atoms with Crippen LogP contribution in [0.1, 0.15) is 29.3 Å². The number of nitrogens with one attached hydrogen (secondary N) is 2. The normalized spacial score (nSPS) is 16.8. The van der Waals surface area contributed by atoms with E-state index >= 15 is 4.39 Å². The maximum Gasteiger partial charge on any atom is 0.244 e. The number of aromatic nitrogens is 4. The van der Waals surface area contributed by atoms with E-state index in [-0.39, 0.29) is 24.1 Å². The molecule has 0 saturated heterocycles. The summed E-state index contributed by atoms with van der Waals surface area (Å²) >= 11 is 0. The zero-order chi connectivity index (χ0) is 26.6. The fraction of sp³-hybridized carbons (Fsp3) is 0.296. The number of hydrogen-bond acceptors (Lipinski definition) is 8. The smallest absolute Gasteiger partial charge is 0.244 e. The largest absolute Gasteiger partial charge is 0.396 e. The topological polar surface area (TPSA) is 138 Å². The average Bonchev–Trinajstić information content (AvgIpc) is 3.23. The Kier molecular flexibility index (Phi) is 5.60. The molecule has 3 aromatic heterocycles. The van der Waals surface area contributed by atoms with Crippen molar-refractivity contribution in [2.45, 2.75) is 32.2 Å². The summed E-state index contributed by atoms with van der Waals surface area (Å²) in [5, 5.41) is 21.8. The SMILES string of the molecule is Cc1c(-c2cc3cc(Nc4cc5n(n4)CC(=O)N(C)CC5)ncc3c(N)c2F)cnc2c1NCC[C@H]2C#N. The van der Waals surface area contributed by atoms with Crippen LogP contribution in [0.4, 0.5) is 27.4 Å². The molecule has 0 bridgehead atoms. The third kappa shape index (κ3) is 3.85. The van der Waals surface area contributed by atoms with Crippen LogP contribution in [0.5, 0.6) is 0 Å². The molecule has 10 nitrogen and oxygen atoms in total. The molecule has 0 spiro atoms. The number of rotatable bonds is 3. The van der Waals surface area contributed by atoms with E-state index in [1.807, 2.05) is 13.0 Å². The second-order valence-corrected chi connectivity index (χ2v) is 9.77. The molecule has 0 radical (unpaired) electrons. The first kappa shape index (κ1) is 23.7. The number of pyridine rings is 2. The second-order valence-electron chi connectivity index (χ2n) is 9.77. The van der Waals surface area contributed by atoms with Crippen LogP contribution in [0, 0.1) is 24.1 Å². The molecule has 11 heteroatoms. The molecule has 5 heterocycles. The van der Waals surface area contributed by atoms with Gasteiger partial charge < -0.3 is 21.3 Å². The Hall–Kier alpha value is -4.72. The Morgan fingerprint density at radius 3 is 2.87 bits per heavy atom. The summed E-state index contributed by atoms with van der Waals surface area (Å²) in [7, 11) is 1.79. The van der Waals surface area contributed by atoms with E-state index in [1.165, 1.54) is 6.20 Å². The summed E-state index contributed by atoms with van der Waals surface area (Å²) in [6, 6.07) is 7.75. The highest BCUT2D eigenvalue weighted by Gasteiger charge is 2.26. The van der Waals surface area contributed by atoms with Gasteiger partial charge in [-0.1, -0.05) is 0 Å². The van der Waals surface area contributed by atoms with Gasteiger partial charge >= 0.3 is 0 Å². The van der Waals surface area contributed by atoms with E-state index in [0.29, 0.717) is 65.2 Å². The fourth-order valence-electron chi connectivity index (χ4n) is 5.19.